The number of aromatic nitrogens is 3. The molecule has 35 heavy (non-hydrogen) atoms. The standard InChI is InChI=1S/C28H38N6O/c1-19(2)34-12-8-24(9-13-34)30-28(35)27-25-15-22(4-5-26(25)31-32-27)23-14-21(16-29-17-23)18-33-10-6-20(3)7-11-33/h4-5,14-17,19-20,24H,6-13,18H2,1-3H3,(H,30,35)(H,31,32). The molecule has 186 valence electrons. The fourth-order valence-electron chi connectivity index (χ4n) is 5.39. The molecule has 7 heteroatoms. The van der Waals surface area contributed by atoms with Crippen molar-refractivity contribution in [3.8, 4) is 11.1 Å². The highest BCUT2D eigenvalue weighted by Crippen LogP contribution is 2.27. The summed E-state index contributed by atoms with van der Waals surface area (Å²) in [5.74, 6) is 0.735. The van der Waals surface area contributed by atoms with E-state index in [0.717, 1.165) is 73.5 Å². The molecule has 1 amide bonds. The summed E-state index contributed by atoms with van der Waals surface area (Å²) in [6.07, 6.45) is 8.38. The van der Waals surface area contributed by atoms with Crippen molar-refractivity contribution in [1.29, 1.82) is 0 Å². The molecule has 7 nitrogen and oxygen atoms in total. The zero-order chi connectivity index (χ0) is 24.4. The van der Waals surface area contributed by atoms with Crippen LogP contribution in [0, 0.1) is 5.92 Å². The summed E-state index contributed by atoms with van der Waals surface area (Å²) in [5, 5.41) is 11.5. The van der Waals surface area contributed by atoms with E-state index in [1.807, 2.05) is 18.5 Å². The van der Waals surface area contributed by atoms with Gasteiger partial charge >= 0.3 is 0 Å². The molecule has 0 atom stereocenters. The summed E-state index contributed by atoms with van der Waals surface area (Å²) >= 11 is 0. The van der Waals surface area contributed by atoms with Crippen LogP contribution in [0.3, 0.4) is 0 Å². The van der Waals surface area contributed by atoms with Crippen molar-refractivity contribution in [2.45, 2.75) is 65.1 Å². The van der Waals surface area contributed by atoms with Crippen LogP contribution >= 0.6 is 0 Å². The van der Waals surface area contributed by atoms with Crippen LogP contribution in [-0.2, 0) is 6.54 Å². The lowest BCUT2D eigenvalue weighted by Crippen LogP contribution is -2.46. The molecule has 0 bridgehead atoms. The maximum Gasteiger partial charge on any atom is 0.272 e. The Morgan fingerprint density at radius 3 is 2.57 bits per heavy atom. The number of rotatable bonds is 6. The molecule has 2 fully saturated rings. The molecule has 2 aliphatic rings. The van der Waals surface area contributed by atoms with Crippen molar-refractivity contribution in [3.05, 3.63) is 47.9 Å². The number of pyridine rings is 1. The number of aromatic amines is 1. The summed E-state index contributed by atoms with van der Waals surface area (Å²) in [4.78, 5) is 22.6. The van der Waals surface area contributed by atoms with Crippen LogP contribution in [0.15, 0.2) is 36.7 Å². The summed E-state index contributed by atoms with van der Waals surface area (Å²) in [7, 11) is 0. The molecule has 0 radical (unpaired) electrons. The molecule has 0 unspecified atom stereocenters. The monoisotopic (exact) mass is 474 g/mol. The maximum absolute atomic E-state index is 13.1. The first-order valence-electron chi connectivity index (χ1n) is 13.2. The van der Waals surface area contributed by atoms with E-state index in [-0.39, 0.29) is 11.9 Å². The number of fused-ring (bicyclic) bond motifs is 1. The fraction of sp³-hybridized carbons (Fsp3) is 0.536. The number of likely N-dealkylation sites (tertiary alicyclic amines) is 2. The average Bonchev–Trinajstić information content (AvgIpc) is 3.29. The normalized spacial score (nSPS) is 19.0. The number of nitrogens with one attached hydrogen (secondary N) is 2. The van der Waals surface area contributed by atoms with Gasteiger partial charge in [0.2, 0.25) is 0 Å². The number of amides is 1. The SMILES string of the molecule is CC1CCN(Cc2cncc(-c3ccc4[nH]nc(C(=O)NC5CCN(C(C)C)CC5)c4c3)c2)CC1. The Morgan fingerprint density at radius 1 is 1.06 bits per heavy atom. The van der Waals surface area contributed by atoms with Gasteiger partial charge in [0.25, 0.3) is 5.91 Å². The number of H-pyrrole nitrogens is 1. The third-order valence-corrected chi connectivity index (χ3v) is 7.78. The summed E-state index contributed by atoms with van der Waals surface area (Å²) in [5.41, 5.74) is 4.71. The molecule has 3 aromatic rings. The Balaban J connectivity index is 1.30. The first-order chi connectivity index (χ1) is 17.0. The fourth-order valence-corrected chi connectivity index (χ4v) is 5.39. The van der Waals surface area contributed by atoms with Gasteiger partial charge in [-0.2, -0.15) is 5.10 Å². The Morgan fingerprint density at radius 2 is 1.83 bits per heavy atom. The van der Waals surface area contributed by atoms with E-state index in [1.165, 1.54) is 18.4 Å². The molecule has 0 aliphatic carbocycles. The lowest BCUT2D eigenvalue weighted by atomic mass is 9.98. The van der Waals surface area contributed by atoms with Crippen LogP contribution in [-0.4, -0.2) is 69.2 Å². The van der Waals surface area contributed by atoms with Crippen molar-refractivity contribution >= 4 is 16.8 Å². The molecule has 5 rings (SSSR count). The second kappa shape index (κ2) is 10.5. The van der Waals surface area contributed by atoms with E-state index in [1.54, 1.807) is 0 Å². The van der Waals surface area contributed by atoms with Gasteiger partial charge in [-0.15, -0.1) is 0 Å². The minimum Gasteiger partial charge on any atom is -0.348 e. The molecule has 0 spiro atoms. The van der Waals surface area contributed by atoms with E-state index in [0.29, 0.717) is 11.7 Å². The van der Waals surface area contributed by atoms with Gasteiger partial charge < -0.3 is 10.2 Å². The predicted octanol–water partition coefficient (Wildman–Crippen LogP) is 4.46. The average molecular weight is 475 g/mol. The van der Waals surface area contributed by atoms with Gasteiger partial charge in [0.1, 0.15) is 0 Å². The van der Waals surface area contributed by atoms with Crippen molar-refractivity contribution in [3.63, 3.8) is 0 Å². The van der Waals surface area contributed by atoms with Gasteiger partial charge in [-0.1, -0.05) is 13.0 Å². The van der Waals surface area contributed by atoms with Crippen LogP contribution in [0.25, 0.3) is 22.0 Å². The number of hydrogen-bond donors (Lipinski definition) is 2. The van der Waals surface area contributed by atoms with E-state index < -0.39 is 0 Å². The second-order valence-electron chi connectivity index (χ2n) is 10.8. The van der Waals surface area contributed by atoms with Crippen molar-refractivity contribution < 1.29 is 4.79 Å². The number of carbonyl (C=O) groups is 1. The van der Waals surface area contributed by atoms with Crippen molar-refractivity contribution in [2.75, 3.05) is 26.2 Å². The number of nitrogens with zero attached hydrogens (tertiary/aromatic N) is 4. The van der Waals surface area contributed by atoms with Crippen LogP contribution in [0.4, 0.5) is 0 Å². The predicted molar refractivity (Wildman–Crippen MR) is 140 cm³/mol. The summed E-state index contributed by atoms with van der Waals surface area (Å²) in [6.45, 7) is 12.1. The molecule has 2 N–H and O–H groups in total. The molecule has 2 aliphatic heterocycles. The van der Waals surface area contributed by atoms with Gasteiger partial charge in [0.15, 0.2) is 5.69 Å². The lowest BCUT2D eigenvalue weighted by molar-refractivity contribution is 0.0897. The number of carbonyl (C=O) groups excluding carboxylic acids is 1. The van der Waals surface area contributed by atoms with Gasteiger partial charge in [0, 0.05) is 55.1 Å². The van der Waals surface area contributed by atoms with E-state index >= 15 is 0 Å². The van der Waals surface area contributed by atoms with Crippen molar-refractivity contribution in [2.24, 2.45) is 5.92 Å². The molecular formula is C28H38N6O. The summed E-state index contributed by atoms with van der Waals surface area (Å²) in [6, 6.07) is 9.14. The highest BCUT2D eigenvalue weighted by atomic mass is 16.2. The Labute approximate surface area is 208 Å². The summed E-state index contributed by atoms with van der Waals surface area (Å²) < 4.78 is 0. The molecule has 2 saturated heterocycles. The smallest absolute Gasteiger partial charge is 0.272 e. The molecule has 0 saturated carbocycles. The van der Waals surface area contributed by atoms with Gasteiger partial charge in [0.05, 0.1) is 5.52 Å². The Hall–Kier alpha value is -2.77. The minimum absolute atomic E-state index is 0.0948. The molecular weight excluding hydrogens is 436 g/mol. The first kappa shape index (κ1) is 23.9. The van der Waals surface area contributed by atoms with E-state index in [2.05, 4.69) is 69.3 Å². The lowest BCUT2D eigenvalue weighted by Gasteiger charge is -2.34. The Kier molecular flexibility index (Phi) is 7.16. The third kappa shape index (κ3) is 5.57. The maximum atomic E-state index is 13.1. The zero-order valence-corrected chi connectivity index (χ0v) is 21.3. The van der Waals surface area contributed by atoms with Gasteiger partial charge in [-0.05, 0) is 87.9 Å². The van der Waals surface area contributed by atoms with E-state index in [9.17, 15) is 4.79 Å². The second-order valence-corrected chi connectivity index (χ2v) is 10.8. The molecule has 4 heterocycles. The highest BCUT2D eigenvalue weighted by molar-refractivity contribution is 6.05. The first-order valence-corrected chi connectivity index (χ1v) is 13.2. The quantitative estimate of drug-likeness (QED) is 0.552. The van der Waals surface area contributed by atoms with E-state index in [4.69, 9.17) is 0 Å². The largest absolute Gasteiger partial charge is 0.348 e. The van der Waals surface area contributed by atoms with Crippen LogP contribution in [0.1, 0.15) is 62.5 Å². The minimum atomic E-state index is -0.0948. The molecule has 2 aromatic heterocycles. The number of piperidine rings is 2. The van der Waals surface area contributed by atoms with Gasteiger partial charge in [-0.3, -0.25) is 19.8 Å². The van der Waals surface area contributed by atoms with Gasteiger partial charge in [-0.25, -0.2) is 0 Å². The number of hydrogen-bond acceptors (Lipinski definition) is 5. The zero-order valence-electron chi connectivity index (χ0n) is 21.3. The van der Waals surface area contributed by atoms with Crippen LogP contribution in [0.2, 0.25) is 0 Å². The third-order valence-electron chi connectivity index (χ3n) is 7.78. The molecule has 1 aromatic carbocycles. The van der Waals surface area contributed by atoms with Crippen LogP contribution in [0.5, 0.6) is 0 Å². The Bertz CT molecular complexity index is 1160. The van der Waals surface area contributed by atoms with Crippen LogP contribution < -0.4 is 5.32 Å². The topological polar surface area (TPSA) is 77.1 Å². The highest BCUT2D eigenvalue weighted by Gasteiger charge is 2.24. The van der Waals surface area contributed by atoms with Crippen molar-refractivity contribution in [1.82, 2.24) is 30.3 Å². The number of benzene rings is 1.